The van der Waals surface area contributed by atoms with Crippen molar-refractivity contribution in [3.8, 4) is 0 Å². The molecule has 0 aromatic carbocycles. The molecule has 0 bridgehead atoms. The molecule has 1 rings (SSSR count). The van der Waals surface area contributed by atoms with Gasteiger partial charge < -0.3 is 15.0 Å². The molecule has 0 aliphatic carbocycles. The van der Waals surface area contributed by atoms with Gasteiger partial charge in [-0.1, -0.05) is 6.58 Å². The van der Waals surface area contributed by atoms with Crippen molar-refractivity contribution in [2.24, 2.45) is 0 Å². The van der Waals surface area contributed by atoms with Gasteiger partial charge in [0, 0.05) is 25.7 Å². The number of carbonyl (C=O) groups is 1. The third-order valence-corrected chi connectivity index (χ3v) is 1.92. The maximum atomic E-state index is 11.2. The average Bonchev–Trinajstić information content (AvgIpc) is 2.05. The Balaban J connectivity index is 2.47. The topological polar surface area (TPSA) is 41.6 Å². The van der Waals surface area contributed by atoms with Crippen molar-refractivity contribution in [1.29, 1.82) is 0 Å². The molecule has 1 aliphatic rings. The summed E-state index contributed by atoms with van der Waals surface area (Å²) >= 11 is 0. The summed E-state index contributed by atoms with van der Waals surface area (Å²) in [5, 5.41) is 3.19. The van der Waals surface area contributed by atoms with E-state index in [2.05, 4.69) is 16.6 Å². The minimum atomic E-state index is -0.306. The van der Waals surface area contributed by atoms with Gasteiger partial charge in [-0.2, -0.15) is 0 Å². The number of hydrogen-bond donors (Lipinski definition) is 1. The zero-order chi connectivity index (χ0) is 8.97. The minimum Gasteiger partial charge on any atom is -0.419 e. The van der Waals surface area contributed by atoms with E-state index in [4.69, 9.17) is 0 Å². The summed E-state index contributed by atoms with van der Waals surface area (Å²) in [7, 11) is 0. The summed E-state index contributed by atoms with van der Waals surface area (Å²) < 4.78 is 4.67. The molecule has 1 fully saturated rings. The molecule has 68 valence electrons. The highest BCUT2D eigenvalue weighted by Gasteiger charge is 2.23. The summed E-state index contributed by atoms with van der Waals surface area (Å²) in [4.78, 5) is 12.9. The van der Waals surface area contributed by atoms with Gasteiger partial charge >= 0.3 is 6.09 Å². The van der Waals surface area contributed by atoms with E-state index in [1.165, 1.54) is 0 Å². The third-order valence-electron chi connectivity index (χ3n) is 1.92. The number of ether oxygens (including phenoxy) is 1. The Morgan fingerprint density at radius 2 is 2.58 bits per heavy atom. The van der Waals surface area contributed by atoms with Crippen molar-refractivity contribution in [3.05, 3.63) is 12.8 Å². The summed E-state index contributed by atoms with van der Waals surface area (Å²) in [6.07, 6.45) is 0.857. The number of nitrogens with zero attached hydrogens (tertiary/aromatic N) is 1. The fourth-order valence-electron chi connectivity index (χ4n) is 1.25. The Labute approximate surface area is 72.2 Å². The first kappa shape index (κ1) is 9.06. The molecule has 1 aliphatic heterocycles. The monoisotopic (exact) mass is 170 g/mol. The molecule has 1 saturated heterocycles. The van der Waals surface area contributed by atoms with Gasteiger partial charge in [-0.15, -0.1) is 0 Å². The highest BCUT2D eigenvalue weighted by atomic mass is 16.5. The maximum Gasteiger partial charge on any atom is 0.414 e. The first-order chi connectivity index (χ1) is 5.75. The molecule has 4 nitrogen and oxygen atoms in total. The normalized spacial score (nSPS) is 23.4. The van der Waals surface area contributed by atoms with E-state index in [0.717, 1.165) is 19.4 Å². The Hall–Kier alpha value is -1.03. The highest BCUT2D eigenvalue weighted by Crippen LogP contribution is 2.04. The van der Waals surface area contributed by atoms with E-state index in [1.54, 1.807) is 4.90 Å². The molecule has 1 amide bonds. The van der Waals surface area contributed by atoms with Crippen molar-refractivity contribution >= 4 is 6.09 Å². The molecule has 12 heavy (non-hydrogen) atoms. The second-order valence-electron chi connectivity index (χ2n) is 2.80. The molecule has 0 saturated carbocycles. The predicted octanol–water partition coefficient (Wildman–Crippen LogP) is 0.560. The predicted molar refractivity (Wildman–Crippen MR) is 45.7 cm³/mol. The fraction of sp³-hybridized carbons (Fsp3) is 0.625. The van der Waals surface area contributed by atoms with Crippen LogP contribution in [0.2, 0.25) is 0 Å². The molecule has 0 aromatic rings. The zero-order valence-corrected chi connectivity index (χ0v) is 7.25. The smallest absolute Gasteiger partial charge is 0.414 e. The van der Waals surface area contributed by atoms with Crippen LogP contribution in [0.4, 0.5) is 4.79 Å². The second-order valence-corrected chi connectivity index (χ2v) is 2.80. The number of amides is 1. The largest absolute Gasteiger partial charge is 0.419 e. The van der Waals surface area contributed by atoms with Crippen LogP contribution in [0.15, 0.2) is 12.8 Å². The number of piperazine rings is 1. The van der Waals surface area contributed by atoms with Gasteiger partial charge in [0.1, 0.15) is 0 Å². The van der Waals surface area contributed by atoms with Crippen LogP contribution in [-0.4, -0.2) is 36.7 Å². The van der Waals surface area contributed by atoms with E-state index in [-0.39, 0.29) is 12.1 Å². The molecule has 4 heteroatoms. The van der Waals surface area contributed by atoms with Crippen LogP contribution in [0, 0.1) is 0 Å². The molecule has 1 unspecified atom stereocenters. The lowest BCUT2D eigenvalue weighted by Gasteiger charge is -2.32. The van der Waals surface area contributed by atoms with Crippen LogP contribution >= 0.6 is 0 Å². The summed E-state index contributed by atoms with van der Waals surface area (Å²) in [6.45, 7) is 7.68. The number of hydrogen-bond acceptors (Lipinski definition) is 3. The minimum absolute atomic E-state index is 0.200. The average molecular weight is 170 g/mol. The van der Waals surface area contributed by atoms with Gasteiger partial charge in [-0.3, -0.25) is 0 Å². The Morgan fingerprint density at radius 1 is 1.83 bits per heavy atom. The van der Waals surface area contributed by atoms with Gasteiger partial charge in [0.2, 0.25) is 0 Å². The fourth-order valence-corrected chi connectivity index (χ4v) is 1.25. The lowest BCUT2D eigenvalue weighted by atomic mass is 10.2. The van der Waals surface area contributed by atoms with Crippen LogP contribution in [0.1, 0.15) is 6.92 Å². The second kappa shape index (κ2) is 4.11. The Morgan fingerprint density at radius 3 is 3.17 bits per heavy atom. The van der Waals surface area contributed by atoms with Crippen LogP contribution in [0.25, 0.3) is 0 Å². The van der Waals surface area contributed by atoms with Gasteiger partial charge in [-0.25, -0.2) is 4.79 Å². The van der Waals surface area contributed by atoms with Gasteiger partial charge in [0.05, 0.1) is 6.26 Å². The molecule has 0 aromatic heterocycles. The van der Waals surface area contributed by atoms with E-state index >= 15 is 0 Å². The number of rotatable bonds is 1. The lowest BCUT2D eigenvalue weighted by molar-refractivity contribution is 0.111. The quantitative estimate of drug-likeness (QED) is 0.585. The highest BCUT2D eigenvalue weighted by molar-refractivity contribution is 5.68. The van der Waals surface area contributed by atoms with Crippen molar-refractivity contribution in [1.82, 2.24) is 10.2 Å². The summed E-state index contributed by atoms with van der Waals surface area (Å²) in [5.74, 6) is 0. The lowest BCUT2D eigenvalue weighted by Crippen LogP contribution is -2.52. The number of nitrogens with one attached hydrogen (secondary N) is 1. The van der Waals surface area contributed by atoms with Gasteiger partial charge in [0.15, 0.2) is 0 Å². The van der Waals surface area contributed by atoms with Gasteiger partial charge in [0.25, 0.3) is 0 Å². The van der Waals surface area contributed by atoms with Crippen molar-refractivity contribution < 1.29 is 9.53 Å². The molecule has 1 N–H and O–H groups in total. The van der Waals surface area contributed by atoms with Gasteiger partial charge in [-0.05, 0) is 6.92 Å². The molecule has 1 atom stereocenters. The Kier molecular flexibility index (Phi) is 3.10. The molecule has 0 radical (unpaired) electrons. The molecule has 0 spiro atoms. The number of carbonyl (C=O) groups excluding carboxylic acids is 1. The summed E-state index contributed by atoms with van der Waals surface area (Å²) in [6, 6.07) is 0.200. The van der Waals surface area contributed by atoms with Crippen molar-refractivity contribution in [2.45, 2.75) is 13.0 Å². The first-order valence-corrected chi connectivity index (χ1v) is 4.04. The van der Waals surface area contributed by atoms with E-state index < -0.39 is 0 Å². The van der Waals surface area contributed by atoms with Crippen molar-refractivity contribution in [3.63, 3.8) is 0 Å². The van der Waals surface area contributed by atoms with Crippen LogP contribution in [0.3, 0.4) is 0 Å². The van der Waals surface area contributed by atoms with E-state index in [0.29, 0.717) is 6.54 Å². The van der Waals surface area contributed by atoms with Crippen molar-refractivity contribution in [2.75, 3.05) is 19.6 Å². The van der Waals surface area contributed by atoms with Crippen LogP contribution < -0.4 is 5.32 Å². The molecular weight excluding hydrogens is 156 g/mol. The third kappa shape index (κ3) is 1.98. The summed E-state index contributed by atoms with van der Waals surface area (Å²) in [5.41, 5.74) is 0. The Bertz CT molecular complexity index is 182. The standard InChI is InChI=1S/C8H14N2O2/c1-3-12-8(11)10-5-4-9-6-7(10)2/h3,7,9H,1,4-6H2,2H3. The SMILES string of the molecule is C=COC(=O)N1CCNCC1C. The van der Waals surface area contributed by atoms with E-state index in [9.17, 15) is 4.79 Å². The maximum absolute atomic E-state index is 11.2. The van der Waals surface area contributed by atoms with Crippen LogP contribution in [0.5, 0.6) is 0 Å². The zero-order valence-electron chi connectivity index (χ0n) is 7.25. The first-order valence-electron chi connectivity index (χ1n) is 4.04. The van der Waals surface area contributed by atoms with E-state index in [1.807, 2.05) is 6.92 Å². The van der Waals surface area contributed by atoms with Crippen LogP contribution in [-0.2, 0) is 4.74 Å². The molecular formula is C8H14N2O2. The molecule has 1 heterocycles.